The lowest BCUT2D eigenvalue weighted by Gasteiger charge is -2.25. The Labute approximate surface area is 201 Å². The number of carbonyl (C=O) groups excluding carboxylic acids is 2. The second-order valence-electron chi connectivity index (χ2n) is 7.18. The lowest BCUT2D eigenvalue weighted by molar-refractivity contribution is -0.137. The van der Waals surface area contributed by atoms with E-state index in [1.165, 1.54) is 40.9 Å². The van der Waals surface area contributed by atoms with Gasteiger partial charge in [0.05, 0.1) is 21.9 Å². The summed E-state index contributed by atoms with van der Waals surface area (Å²) in [6.07, 6.45) is -4.46. The van der Waals surface area contributed by atoms with Gasteiger partial charge < -0.3 is 5.32 Å². The fraction of sp³-hybridized carbons (Fsp3) is 0.130. The Hall–Kier alpha value is -2.68. The molecule has 33 heavy (non-hydrogen) atoms. The first-order valence-corrected chi connectivity index (χ1v) is 11.4. The quantitative estimate of drug-likeness (QED) is 0.409. The van der Waals surface area contributed by atoms with Gasteiger partial charge in [0, 0.05) is 16.4 Å². The van der Waals surface area contributed by atoms with Gasteiger partial charge in [-0.1, -0.05) is 35.3 Å². The van der Waals surface area contributed by atoms with Crippen molar-refractivity contribution in [3.8, 4) is 0 Å². The molecule has 0 aromatic heterocycles. The van der Waals surface area contributed by atoms with Crippen LogP contribution < -0.4 is 10.2 Å². The maximum absolute atomic E-state index is 12.9. The molecular formula is C23H15Cl2F3N2O2S. The van der Waals surface area contributed by atoms with Crippen LogP contribution in [-0.2, 0) is 11.0 Å². The van der Waals surface area contributed by atoms with Gasteiger partial charge in [-0.3, -0.25) is 14.5 Å². The van der Waals surface area contributed by atoms with E-state index in [2.05, 4.69) is 5.32 Å². The summed E-state index contributed by atoms with van der Waals surface area (Å²) in [5.41, 5.74) is 1.03. The average Bonchev–Trinajstić information content (AvgIpc) is 3.14. The monoisotopic (exact) mass is 510 g/mol. The van der Waals surface area contributed by atoms with Gasteiger partial charge in [0.25, 0.3) is 5.91 Å². The zero-order valence-corrected chi connectivity index (χ0v) is 19.0. The maximum Gasteiger partial charge on any atom is 0.416 e. The molecule has 4 rings (SSSR count). The molecule has 0 bridgehead atoms. The van der Waals surface area contributed by atoms with E-state index in [-0.39, 0.29) is 22.2 Å². The van der Waals surface area contributed by atoms with Crippen LogP contribution in [0.25, 0.3) is 0 Å². The summed E-state index contributed by atoms with van der Waals surface area (Å²) < 4.78 is 38.7. The van der Waals surface area contributed by atoms with E-state index in [0.29, 0.717) is 22.0 Å². The zero-order valence-electron chi connectivity index (χ0n) is 16.7. The third kappa shape index (κ3) is 5.13. The number of carbonyl (C=O) groups is 2. The molecule has 1 N–H and O–H groups in total. The molecule has 0 spiro atoms. The standard InChI is InChI=1S/C23H15Cl2F3N2O2S/c24-15-6-9-18(19(25)11-15)21(32)29-16-3-1-2-13(10-16)22-30(20(31)12-33-22)17-7-4-14(5-8-17)23(26,27)28/h1-11,22H,12H2,(H,29,32)/t22-/m1/s1. The fourth-order valence-corrected chi connectivity index (χ4v) is 5.06. The van der Waals surface area contributed by atoms with Crippen molar-refractivity contribution >= 4 is 58.2 Å². The van der Waals surface area contributed by atoms with Gasteiger partial charge in [0.2, 0.25) is 5.91 Å². The highest BCUT2D eigenvalue weighted by atomic mass is 35.5. The van der Waals surface area contributed by atoms with Crippen LogP contribution in [0.4, 0.5) is 24.5 Å². The molecule has 1 fully saturated rings. The van der Waals surface area contributed by atoms with Gasteiger partial charge >= 0.3 is 6.18 Å². The van der Waals surface area contributed by atoms with E-state index in [9.17, 15) is 22.8 Å². The van der Waals surface area contributed by atoms with Crippen molar-refractivity contribution in [1.29, 1.82) is 0 Å². The van der Waals surface area contributed by atoms with Crippen molar-refractivity contribution in [2.24, 2.45) is 0 Å². The summed E-state index contributed by atoms with van der Waals surface area (Å²) in [5, 5.41) is 2.93. The Morgan fingerprint density at radius 3 is 2.42 bits per heavy atom. The third-order valence-electron chi connectivity index (χ3n) is 4.95. The first-order chi connectivity index (χ1) is 15.6. The molecule has 1 aliphatic heterocycles. The van der Waals surface area contributed by atoms with Crippen LogP contribution in [0.15, 0.2) is 66.7 Å². The summed E-state index contributed by atoms with van der Waals surface area (Å²) >= 11 is 13.3. The van der Waals surface area contributed by atoms with Crippen molar-refractivity contribution in [2.75, 3.05) is 16.0 Å². The molecule has 0 unspecified atom stereocenters. The minimum atomic E-state index is -4.46. The molecule has 0 radical (unpaired) electrons. The smallest absolute Gasteiger partial charge is 0.322 e. The van der Waals surface area contributed by atoms with Crippen LogP contribution in [-0.4, -0.2) is 17.6 Å². The lowest BCUT2D eigenvalue weighted by Crippen LogP contribution is -2.28. The first-order valence-electron chi connectivity index (χ1n) is 9.61. The summed E-state index contributed by atoms with van der Waals surface area (Å²) in [5.74, 6) is -0.460. The molecule has 4 nitrogen and oxygen atoms in total. The van der Waals surface area contributed by atoms with Crippen molar-refractivity contribution in [1.82, 2.24) is 0 Å². The Morgan fingerprint density at radius 2 is 1.76 bits per heavy atom. The Kier molecular flexibility index (Phi) is 6.61. The molecule has 1 aliphatic rings. The lowest BCUT2D eigenvalue weighted by atomic mass is 10.1. The van der Waals surface area contributed by atoms with Crippen molar-refractivity contribution in [2.45, 2.75) is 11.6 Å². The summed E-state index contributed by atoms with van der Waals surface area (Å²) in [6.45, 7) is 0. The number of hydrogen-bond donors (Lipinski definition) is 1. The van der Waals surface area contributed by atoms with Crippen molar-refractivity contribution in [3.05, 3.63) is 93.5 Å². The number of rotatable bonds is 4. The first kappa shape index (κ1) is 23.5. The van der Waals surface area contributed by atoms with Gasteiger partial charge in [-0.15, -0.1) is 11.8 Å². The highest BCUT2D eigenvalue weighted by Gasteiger charge is 2.35. The topological polar surface area (TPSA) is 49.4 Å². The van der Waals surface area contributed by atoms with Crippen molar-refractivity contribution < 1.29 is 22.8 Å². The molecule has 2 amide bonds. The van der Waals surface area contributed by atoms with E-state index in [1.54, 1.807) is 30.3 Å². The largest absolute Gasteiger partial charge is 0.416 e. The molecule has 10 heteroatoms. The number of nitrogens with one attached hydrogen (secondary N) is 1. The van der Waals surface area contributed by atoms with Gasteiger partial charge in [0.15, 0.2) is 0 Å². The second kappa shape index (κ2) is 9.29. The van der Waals surface area contributed by atoms with Crippen molar-refractivity contribution in [3.63, 3.8) is 0 Å². The SMILES string of the molecule is O=C(Nc1cccc([C@H]2SCC(=O)N2c2ccc(C(F)(F)F)cc2)c1)c1ccc(Cl)cc1Cl. The van der Waals surface area contributed by atoms with Crippen LogP contribution >= 0.6 is 35.0 Å². The predicted octanol–water partition coefficient (Wildman–Crippen LogP) is 7.04. The minimum absolute atomic E-state index is 0.183. The fourth-order valence-electron chi connectivity index (χ4n) is 3.40. The average molecular weight is 511 g/mol. The van der Waals surface area contributed by atoms with Gasteiger partial charge in [0.1, 0.15) is 5.37 Å². The van der Waals surface area contributed by atoms with Crippen LogP contribution in [0.1, 0.15) is 26.9 Å². The molecule has 1 saturated heterocycles. The molecule has 170 valence electrons. The van der Waals surface area contributed by atoms with Crippen LogP contribution in [0.2, 0.25) is 10.0 Å². The summed E-state index contributed by atoms with van der Waals surface area (Å²) in [7, 11) is 0. The maximum atomic E-state index is 12.9. The number of benzene rings is 3. The Balaban J connectivity index is 1.58. The molecule has 0 saturated carbocycles. The van der Waals surface area contributed by atoms with Gasteiger partial charge in [-0.25, -0.2) is 0 Å². The zero-order chi connectivity index (χ0) is 23.8. The van der Waals surface area contributed by atoms with E-state index in [1.807, 2.05) is 0 Å². The van der Waals surface area contributed by atoms with E-state index in [4.69, 9.17) is 23.2 Å². The second-order valence-corrected chi connectivity index (χ2v) is 9.09. The number of nitrogens with zero attached hydrogens (tertiary/aromatic N) is 1. The molecule has 1 heterocycles. The van der Waals surface area contributed by atoms with E-state index in [0.717, 1.165) is 12.1 Å². The molecule has 3 aromatic carbocycles. The van der Waals surface area contributed by atoms with Crippen LogP contribution in [0.3, 0.4) is 0 Å². The van der Waals surface area contributed by atoms with Crippen LogP contribution in [0, 0.1) is 0 Å². The number of thioether (sulfide) groups is 1. The third-order valence-corrected chi connectivity index (χ3v) is 6.71. The number of amides is 2. The number of hydrogen-bond acceptors (Lipinski definition) is 3. The molecular weight excluding hydrogens is 496 g/mol. The van der Waals surface area contributed by atoms with Gasteiger partial charge in [-0.05, 0) is 60.2 Å². The van der Waals surface area contributed by atoms with E-state index >= 15 is 0 Å². The number of alkyl halides is 3. The highest BCUT2D eigenvalue weighted by molar-refractivity contribution is 8.00. The summed E-state index contributed by atoms with van der Waals surface area (Å²) in [6, 6.07) is 15.9. The minimum Gasteiger partial charge on any atom is -0.322 e. The normalized spacial score (nSPS) is 16.2. The number of halogens is 5. The molecule has 3 aromatic rings. The highest BCUT2D eigenvalue weighted by Crippen LogP contribution is 2.43. The Bertz CT molecular complexity index is 1220. The molecule has 0 aliphatic carbocycles. The predicted molar refractivity (Wildman–Crippen MR) is 125 cm³/mol. The molecule has 1 atom stereocenters. The Morgan fingerprint density at radius 1 is 1.03 bits per heavy atom. The number of anilines is 2. The summed E-state index contributed by atoms with van der Waals surface area (Å²) in [4.78, 5) is 26.6. The van der Waals surface area contributed by atoms with Crippen LogP contribution in [0.5, 0.6) is 0 Å². The van der Waals surface area contributed by atoms with Gasteiger partial charge in [-0.2, -0.15) is 13.2 Å². The van der Waals surface area contributed by atoms with E-state index < -0.39 is 23.0 Å².